The summed E-state index contributed by atoms with van der Waals surface area (Å²) < 4.78 is 0. The summed E-state index contributed by atoms with van der Waals surface area (Å²) in [5, 5.41) is 0. The zero-order valence-electron chi connectivity index (χ0n) is 7.65. The predicted molar refractivity (Wildman–Crippen MR) is 47.0 cm³/mol. The van der Waals surface area contributed by atoms with Gasteiger partial charge in [0.2, 0.25) is 0 Å². The van der Waals surface area contributed by atoms with Gasteiger partial charge in [-0.1, -0.05) is 18.9 Å². The van der Waals surface area contributed by atoms with Crippen LogP contribution in [0.4, 0.5) is 0 Å². The van der Waals surface area contributed by atoms with Crippen LogP contribution in [0.15, 0.2) is 11.8 Å². The molecule has 0 aliphatic carbocycles. The second-order valence-electron chi connectivity index (χ2n) is 3.04. The monoisotopic (exact) mass is 141 g/mol. The van der Waals surface area contributed by atoms with Crippen LogP contribution in [0.25, 0.3) is 0 Å². The van der Waals surface area contributed by atoms with E-state index in [0.29, 0.717) is 0 Å². The maximum absolute atomic E-state index is 2.23. The molecule has 1 heteroatoms. The van der Waals surface area contributed by atoms with Crippen molar-refractivity contribution in [3.8, 4) is 0 Å². The molecule has 0 atom stereocenters. The molecular weight excluding hydrogens is 122 g/mol. The van der Waals surface area contributed by atoms with Gasteiger partial charge in [0.05, 0.1) is 0 Å². The molecule has 0 aromatic rings. The Hall–Kier alpha value is -0.460. The third-order valence-corrected chi connectivity index (χ3v) is 1.40. The smallest absolute Gasteiger partial charge is 0.00556 e. The summed E-state index contributed by atoms with van der Waals surface area (Å²) >= 11 is 0. The molecule has 10 heavy (non-hydrogen) atoms. The van der Waals surface area contributed by atoms with Gasteiger partial charge in [0.25, 0.3) is 0 Å². The van der Waals surface area contributed by atoms with Crippen LogP contribution in [0.3, 0.4) is 0 Å². The zero-order valence-corrected chi connectivity index (χ0v) is 7.65. The molecule has 0 heterocycles. The van der Waals surface area contributed by atoms with Gasteiger partial charge in [-0.15, -0.1) is 0 Å². The maximum Gasteiger partial charge on any atom is 0.00556 e. The fourth-order valence-electron chi connectivity index (χ4n) is 0.961. The third-order valence-electron chi connectivity index (χ3n) is 1.40. The van der Waals surface area contributed by atoms with Crippen LogP contribution in [0.5, 0.6) is 0 Å². The van der Waals surface area contributed by atoms with Gasteiger partial charge in [0.15, 0.2) is 0 Å². The van der Waals surface area contributed by atoms with E-state index in [2.05, 4.69) is 39.0 Å². The largest absolute Gasteiger partial charge is 0.384 e. The molecular formula is C9H19N. The highest BCUT2D eigenvalue weighted by atomic mass is 15.0. The molecule has 0 saturated carbocycles. The highest BCUT2D eigenvalue weighted by Gasteiger charge is 1.88. The van der Waals surface area contributed by atoms with Crippen molar-refractivity contribution in [1.29, 1.82) is 0 Å². The molecule has 0 bridgehead atoms. The average Bonchev–Trinajstić information content (AvgIpc) is 1.82. The quantitative estimate of drug-likeness (QED) is 0.581. The molecule has 0 aromatic heterocycles. The Labute approximate surface area is 64.7 Å². The molecule has 0 N–H and O–H groups in total. The minimum Gasteiger partial charge on any atom is -0.384 e. The van der Waals surface area contributed by atoms with Gasteiger partial charge >= 0.3 is 0 Å². The first-order valence-electron chi connectivity index (χ1n) is 4.00. The van der Waals surface area contributed by atoms with Crippen molar-refractivity contribution >= 4 is 0 Å². The van der Waals surface area contributed by atoms with E-state index >= 15 is 0 Å². The highest BCUT2D eigenvalue weighted by molar-refractivity contribution is 4.95. The van der Waals surface area contributed by atoms with Crippen LogP contribution in [-0.4, -0.2) is 19.0 Å². The fourth-order valence-corrected chi connectivity index (χ4v) is 0.961. The number of rotatable bonds is 4. The van der Waals surface area contributed by atoms with Crippen LogP contribution in [0.1, 0.15) is 33.1 Å². The third kappa shape index (κ3) is 5.67. The Balaban J connectivity index is 3.49. The predicted octanol–water partition coefficient (Wildman–Crippen LogP) is 2.64. The van der Waals surface area contributed by atoms with Crippen molar-refractivity contribution in [1.82, 2.24) is 4.90 Å². The Morgan fingerprint density at radius 2 is 2.00 bits per heavy atom. The van der Waals surface area contributed by atoms with Gasteiger partial charge in [-0.25, -0.2) is 0 Å². The highest BCUT2D eigenvalue weighted by Crippen LogP contribution is 2.05. The molecule has 0 spiro atoms. The second kappa shape index (κ2) is 5.33. The molecule has 0 saturated heterocycles. The Morgan fingerprint density at radius 1 is 1.40 bits per heavy atom. The summed E-state index contributed by atoms with van der Waals surface area (Å²) in [6.45, 7) is 4.42. The van der Waals surface area contributed by atoms with E-state index in [1.54, 1.807) is 0 Å². The van der Waals surface area contributed by atoms with Gasteiger partial charge in [-0.3, -0.25) is 0 Å². The van der Waals surface area contributed by atoms with Crippen LogP contribution in [0.2, 0.25) is 0 Å². The molecule has 0 rings (SSSR count). The summed E-state index contributed by atoms with van der Waals surface area (Å²) in [5.41, 5.74) is 1.48. The molecule has 0 amide bonds. The first kappa shape index (κ1) is 9.54. The van der Waals surface area contributed by atoms with Crippen LogP contribution < -0.4 is 0 Å². The standard InChI is InChI=1S/C9H19N/c1-5-6-7-9(2)8-10(3)4/h8H,5-7H2,1-4H3. The number of allylic oxidation sites excluding steroid dienone is 1. The molecule has 0 unspecified atom stereocenters. The Kier molecular flexibility index (Phi) is 5.09. The van der Waals surface area contributed by atoms with E-state index in [1.807, 2.05) is 0 Å². The van der Waals surface area contributed by atoms with Gasteiger partial charge < -0.3 is 4.90 Å². The minimum absolute atomic E-state index is 1.24. The first-order chi connectivity index (χ1) is 4.66. The van der Waals surface area contributed by atoms with Crippen LogP contribution >= 0.6 is 0 Å². The van der Waals surface area contributed by atoms with Crippen molar-refractivity contribution in [3.05, 3.63) is 11.8 Å². The molecule has 60 valence electrons. The van der Waals surface area contributed by atoms with E-state index < -0.39 is 0 Å². The number of unbranched alkanes of at least 4 members (excludes halogenated alkanes) is 1. The lowest BCUT2D eigenvalue weighted by Gasteiger charge is -2.07. The van der Waals surface area contributed by atoms with Gasteiger partial charge in [-0.05, 0) is 26.0 Å². The molecule has 0 radical (unpaired) electrons. The van der Waals surface area contributed by atoms with E-state index in [9.17, 15) is 0 Å². The normalized spacial score (nSPS) is 11.8. The van der Waals surface area contributed by atoms with Gasteiger partial charge in [-0.2, -0.15) is 0 Å². The molecule has 0 aliphatic rings. The lowest BCUT2D eigenvalue weighted by Crippen LogP contribution is -2.01. The number of hydrogen-bond donors (Lipinski definition) is 0. The zero-order chi connectivity index (χ0) is 7.98. The van der Waals surface area contributed by atoms with E-state index in [-0.39, 0.29) is 0 Å². The van der Waals surface area contributed by atoms with Gasteiger partial charge in [0, 0.05) is 14.1 Å². The molecule has 0 aromatic carbocycles. The average molecular weight is 141 g/mol. The van der Waals surface area contributed by atoms with Crippen molar-refractivity contribution < 1.29 is 0 Å². The van der Waals surface area contributed by atoms with Crippen molar-refractivity contribution in [2.45, 2.75) is 33.1 Å². The first-order valence-corrected chi connectivity index (χ1v) is 4.00. The summed E-state index contributed by atoms with van der Waals surface area (Å²) in [7, 11) is 4.13. The van der Waals surface area contributed by atoms with E-state index in [1.165, 1.54) is 24.8 Å². The topological polar surface area (TPSA) is 3.24 Å². The number of hydrogen-bond acceptors (Lipinski definition) is 1. The fraction of sp³-hybridized carbons (Fsp3) is 0.778. The van der Waals surface area contributed by atoms with Crippen molar-refractivity contribution in [3.63, 3.8) is 0 Å². The van der Waals surface area contributed by atoms with Crippen molar-refractivity contribution in [2.24, 2.45) is 0 Å². The van der Waals surface area contributed by atoms with E-state index in [4.69, 9.17) is 0 Å². The summed E-state index contributed by atoms with van der Waals surface area (Å²) in [6.07, 6.45) is 6.04. The maximum atomic E-state index is 2.23. The van der Waals surface area contributed by atoms with Crippen molar-refractivity contribution in [2.75, 3.05) is 14.1 Å². The summed E-state index contributed by atoms with van der Waals surface area (Å²) in [5.74, 6) is 0. The molecule has 0 fully saturated rings. The summed E-state index contributed by atoms with van der Waals surface area (Å²) in [4.78, 5) is 2.10. The Bertz CT molecular complexity index is 103. The SMILES string of the molecule is CCCCC(C)=CN(C)C. The number of nitrogens with zero attached hydrogens (tertiary/aromatic N) is 1. The lowest BCUT2D eigenvalue weighted by molar-refractivity contribution is 0.553. The summed E-state index contributed by atoms with van der Waals surface area (Å²) in [6, 6.07) is 0. The van der Waals surface area contributed by atoms with Crippen LogP contribution in [-0.2, 0) is 0 Å². The van der Waals surface area contributed by atoms with Gasteiger partial charge in [0.1, 0.15) is 0 Å². The van der Waals surface area contributed by atoms with Crippen LogP contribution in [0, 0.1) is 0 Å². The lowest BCUT2D eigenvalue weighted by atomic mass is 10.1. The molecule has 0 aliphatic heterocycles. The second-order valence-corrected chi connectivity index (χ2v) is 3.04. The minimum atomic E-state index is 1.24. The Morgan fingerprint density at radius 3 is 2.40 bits per heavy atom. The van der Waals surface area contributed by atoms with E-state index in [0.717, 1.165) is 0 Å². The molecule has 1 nitrogen and oxygen atoms in total.